The van der Waals surface area contributed by atoms with Crippen molar-refractivity contribution in [3.05, 3.63) is 47.4 Å². The molecule has 8 nitrogen and oxygen atoms in total. The Labute approximate surface area is 153 Å². The maximum atomic E-state index is 13.6. The predicted octanol–water partition coefficient (Wildman–Crippen LogP) is 2.59. The SMILES string of the molecule is N[C@H](CNC(=O)Nc1ccc(Oc2ncc(Cl)cc2F)cc1)CC(=O)O. The number of carbonyl (C=O) groups is 2. The Morgan fingerprint density at radius 1 is 1.35 bits per heavy atom. The smallest absolute Gasteiger partial charge is 0.319 e. The summed E-state index contributed by atoms with van der Waals surface area (Å²) in [7, 11) is 0. The molecule has 2 aromatic rings. The molecule has 1 atom stereocenters. The van der Waals surface area contributed by atoms with Gasteiger partial charge in [0.2, 0.25) is 0 Å². The molecule has 5 N–H and O–H groups in total. The normalized spacial score (nSPS) is 11.5. The molecule has 0 aliphatic heterocycles. The van der Waals surface area contributed by atoms with E-state index in [-0.39, 0.29) is 23.9 Å². The van der Waals surface area contributed by atoms with Crippen LogP contribution in [0.2, 0.25) is 5.02 Å². The molecule has 0 unspecified atom stereocenters. The van der Waals surface area contributed by atoms with Gasteiger partial charge in [0.1, 0.15) is 5.75 Å². The standard InChI is InChI=1S/C16H16ClFN4O4/c17-9-5-13(18)15(20-7-9)26-12-3-1-11(2-4-12)22-16(25)21-8-10(19)6-14(23)24/h1-5,7,10H,6,8,19H2,(H,23,24)(H2,21,22,25)/t10-/m0/s1. The number of nitrogens with one attached hydrogen (secondary N) is 2. The highest BCUT2D eigenvalue weighted by Crippen LogP contribution is 2.25. The third kappa shape index (κ3) is 6.19. The van der Waals surface area contributed by atoms with Gasteiger partial charge in [0.25, 0.3) is 5.88 Å². The summed E-state index contributed by atoms with van der Waals surface area (Å²) >= 11 is 5.62. The van der Waals surface area contributed by atoms with Crippen LogP contribution in [0.4, 0.5) is 14.9 Å². The molecule has 1 aromatic carbocycles. The molecule has 2 amide bonds. The minimum absolute atomic E-state index is 0.0147. The Bertz CT molecular complexity index is 788. The average molecular weight is 383 g/mol. The third-order valence-corrected chi connectivity index (χ3v) is 3.27. The number of benzene rings is 1. The van der Waals surface area contributed by atoms with Crippen molar-refractivity contribution in [3.8, 4) is 11.6 Å². The molecule has 0 fully saturated rings. The van der Waals surface area contributed by atoms with E-state index in [0.29, 0.717) is 11.4 Å². The summed E-state index contributed by atoms with van der Waals surface area (Å²) < 4.78 is 18.9. The van der Waals surface area contributed by atoms with E-state index >= 15 is 0 Å². The Morgan fingerprint density at radius 3 is 2.65 bits per heavy atom. The van der Waals surface area contributed by atoms with Gasteiger partial charge in [0, 0.05) is 24.5 Å². The summed E-state index contributed by atoms with van der Waals surface area (Å²) in [6.45, 7) is 0.0147. The van der Waals surface area contributed by atoms with Crippen molar-refractivity contribution in [2.75, 3.05) is 11.9 Å². The number of carbonyl (C=O) groups excluding carboxylic acids is 1. The van der Waals surface area contributed by atoms with Gasteiger partial charge in [0.05, 0.1) is 11.4 Å². The van der Waals surface area contributed by atoms with Crippen LogP contribution in [0, 0.1) is 5.82 Å². The van der Waals surface area contributed by atoms with E-state index in [1.165, 1.54) is 18.3 Å². The molecule has 0 aliphatic rings. The van der Waals surface area contributed by atoms with Crippen molar-refractivity contribution in [3.63, 3.8) is 0 Å². The van der Waals surface area contributed by atoms with Crippen LogP contribution in [0.15, 0.2) is 36.5 Å². The van der Waals surface area contributed by atoms with Crippen LogP contribution in [-0.2, 0) is 4.79 Å². The number of halogens is 2. The summed E-state index contributed by atoms with van der Waals surface area (Å²) in [5, 5.41) is 13.8. The van der Waals surface area contributed by atoms with Crippen LogP contribution in [-0.4, -0.2) is 34.7 Å². The Kier molecular flexibility index (Phi) is 6.70. The number of anilines is 1. The molecule has 26 heavy (non-hydrogen) atoms. The largest absolute Gasteiger partial charge is 0.481 e. The van der Waals surface area contributed by atoms with E-state index in [0.717, 1.165) is 6.07 Å². The van der Waals surface area contributed by atoms with Crippen LogP contribution >= 0.6 is 11.6 Å². The lowest BCUT2D eigenvalue weighted by Crippen LogP contribution is -2.40. The van der Waals surface area contributed by atoms with Crippen LogP contribution < -0.4 is 21.1 Å². The fourth-order valence-corrected chi connectivity index (χ4v) is 2.04. The number of nitrogens with two attached hydrogens (primary N) is 1. The molecule has 0 radical (unpaired) electrons. The highest BCUT2D eigenvalue weighted by Gasteiger charge is 2.10. The number of ether oxygens (including phenoxy) is 1. The number of aromatic nitrogens is 1. The molecule has 138 valence electrons. The number of amides is 2. The molecule has 10 heteroatoms. The monoisotopic (exact) mass is 382 g/mol. The summed E-state index contributed by atoms with van der Waals surface area (Å²) in [5.74, 6) is -1.65. The molecule has 0 saturated heterocycles. The van der Waals surface area contributed by atoms with E-state index in [4.69, 9.17) is 27.2 Å². The number of aliphatic carboxylic acids is 1. The maximum Gasteiger partial charge on any atom is 0.319 e. The molecule has 1 aromatic heterocycles. The highest BCUT2D eigenvalue weighted by atomic mass is 35.5. The van der Waals surface area contributed by atoms with Crippen LogP contribution in [0.3, 0.4) is 0 Å². The van der Waals surface area contributed by atoms with Gasteiger partial charge < -0.3 is 26.2 Å². The predicted molar refractivity (Wildman–Crippen MR) is 93.0 cm³/mol. The Morgan fingerprint density at radius 2 is 2.04 bits per heavy atom. The first-order valence-electron chi connectivity index (χ1n) is 7.44. The lowest BCUT2D eigenvalue weighted by Gasteiger charge is -2.12. The van der Waals surface area contributed by atoms with Gasteiger partial charge in [0.15, 0.2) is 5.82 Å². The number of pyridine rings is 1. The second kappa shape index (κ2) is 8.97. The summed E-state index contributed by atoms with van der Waals surface area (Å²) in [5.41, 5.74) is 6.00. The number of carboxylic acids is 1. The summed E-state index contributed by atoms with van der Waals surface area (Å²) in [6.07, 6.45) is 1.01. The van der Waals surface area contributed by atoms with Gasteiger partial charge in [-0.2, -0.15) is 0 Å². The van der Waals surface area contributed by atoms with E-state index in [2.05, 4.69) is 15.6 Å². The molecule has 2 rings (SSSR count). The number of rotatable bonds is 7. The van der Waals surface area contributed by atoms with Crippen molar-refractivity contribution < 1.29 is 23.8 Å². The summed E-state index contributed by atoms with van der Waals surface area (Å²) in [6, 6.07) is 5.97. The Hall–Kier alpha value is -2.91. The molecular weight excluding hydrogens is 367 g/mol. The van der Waals surface area contributed by atoms with Crippen LogP contribution in [0.5, 0.6) is 11.6 Å². The zero-order valence-corrected chi connectivity index (χ0v) is 14.2. The summed E-state index contributed by atoms with van der Waals surface area (Å²) in [4.78, 5) is 26.0. The number of carboxylic acid groups (broad SMARTS) is 1. The topological polar surface area (TPSA) is 127 Å². The van der Waals surface area contributed by atoms with E-state index in [1.54, 1.807) is 12.1 Å². The molecule has 0 bridgehead atoms. The van der Waals surface area contributed by atoms with E-state index in [1.807, 2.05) is 0 Å². The molecule has 0 spiro atoms. The molecule has 0 aliphatic carbocycles. The number of nitrogens with zero attached hydrogens (tertiary/aromatic N) is 1. The second-order valence-corrected chi connectivity index (χ2v) is 5.70. The minimum atomic E-state index is -1.04. The van der Waals surface area contributed by atoms with Gasteiger partial charge in [-0.25, -0.2) is 14.2 Å². The van der Waals surface area contributed by atoms with Gasteiger partial charge >= 0.3 is 12.0 Å². The quantitative estimate of drug-likeness (QED) is 0.583. The minimum Gasteiger partial charge on any atom is -0.481 e. The fraction of sp³-hybridized carbons (Fsp3) is 0.188. The van der Waals surface area contributed by atoms with E-state index < -0.39 is 23.9 Å². The van der Waals surface area contributed by atoms with Crippen LogP contribution in [0.1, 0.15) is 6.42 Å². The fourth-order valence-electron chi connectivity index (χ4n) is 1.89. The van der Waals surface area contributed by atoms with Crippen molar-refractivity contribution in [2.45, 2.75) is 12.5 Å². The van der Waals surface area contributed by atoms with Gasteiger partial charge in [-0.3, -0.25) is 4.79 Å². The van der Waals surface area contributed by atoms with E-state index in [9.17, 15) is 14.0 Å². The zero-order chi connectivity index (χ0) is 19.1. The van der Waals surface area contributed by atoms with Crippen molar-refractivity contribution >= 4 is 29.3 Å². The number of hydrogen-bond donors (Lipinski definition) is 4. The maximum absolute atomic E-state index is 13.6. The lowest BCUT2D eigenvalue weighted by molar-refractivity contribution is -0.137. The second-order valence-electron chi connectivity index (χ2n) is 5.26. The molecular formula is C16H16ClFN4O4. The zero-order valence-electron chi connectivity index (χ0n) is 13.4. The highest BCUT2D eigenvalue weighted by molar-refractivity contribution is 6.30. The van der Waals surface area contributed by atoms with Crippen molar-refractivity contribution in [1.29, 1.82) is 0 Å². The van der Waals surface area contributed by atoms with Gasteiger partial charge in [-0.05, 0) is 30.3 Å². The number of urea groups is 1. The number of hydrogen-bond acceptors (Lipinski definition) is 5. The first-order valence-corrected chi connectivity index (χ1v) is 7.82. The molecule has 0 saturated carbocycles. The van der Waals surface area contributed by atoms with Crippen LogP contribution in [0.25, 0.3) is 0 Å². The van der Waals surface area contributed by atoms with Crippen molar-refractivity contribution in [2.24, 2.45) is 5.73 Å². The third-order valence-electron chi connectivity index (χ3n) is 3.06. The molecule has 1 heterocycles. The average Bonchev–Trinajstić information content (AvgIpc) is 2.57. The van der Waals surface area contributed by atoms with Gasteiger partial charge in [-0.15, -0.1) is 0 Å². The first kappa shape index (κ1) is 19.4. The Balaban J connectivity index is 1.86. The first-order chi connectivity index (χ1) is 12.3. The van der Waals surface area contributed by atoms with Gasteiger partial charge in [-0.1, -0.05) is 11.6 Å². The van der Waals surface area contributed by atoms with Crippen molar-refractivity contribution in [1.82, 2.24) is 10.3 Å². The lowest BCUT2D eigenvalue weighted by atomic mass is 10.2.